The molecule has 2 aromatic heterocycles. The third-order valence-electron chi connectivity index (χ3n) is 6.07. The number of anilines is 1. The van der Waals surface area contributed by atoms with E-state index in [1.54, 1.807) is 29.3 Å². The average molecular weight is 491 g/mol. The van der Waals surface area contributed by atoms with Gasteiger partial charge in [-0.3, -0.25) is 4.79 Å². The fourth-order valence-corrected chi connectivity index (χ4v) is 4.14. The van der Waals surface area contributed by atoms with Crippen molar-refractivity contribution in [2.45, 2.75) is 6.54 Å². The number of benzene rings is 2. The number of halogens is 2. The molecule has 3 heterocycles. The van der Waals surface area contributed by atoms with Crippen LogP contribution in [0.5, 0.6) is 5.75 Å². The van der Waals surface area contributed by atoms with Crippen LogP contribution in [0.25, 0.3) is 22.8 Å². The number of piperazine rings is 1. The van der Waals surface area contributed by atoms with E-state index in [1.165, 1.54) is 36.1 Å². The van der Waals surface area contributed by atoms with Crippen molar-refractivity contribution in [2.24, 2.45) is 0 Å². The van der Waals surface area contributed by atoms with Crippen molar-refractivity contribution in [1.29, 1.82) is 0 Å². The molecule has 1 aliphatic heterocycles. The fourth-order valence-electron chi connectivity index (χ4n) is 4.14. The Morgan fingerprint density at radius 1 is 0.972 bits per heavy atom. The highest BCUT2D eigenvalue weighted by Gasteiger charge is 2.24. The number of ether oxygens (including phenoxy) is 1. The highest BCUT2D eigenvalue weighted by Crippen LogP contribution is 2.28. The van der Waals surface area contributed by atoms with Crippen molar-refractivity contribution in [3.8, 4) is 28.5 Å². The van der Waals surface area contributed by atoms with Crippen LogP contribution in [0.1, 0.15) is 0 Å². The number of carbonyl (C=O) groups is 1. The van der Waals surface area contributed by atoms with E-state index in [4.69, 9.17) is 4.74 Å². The number of rotatable bonds is 6. The summed E-state index contributed by atoms with van der Waals surface area (Å²) in [4.78, 5) is 26.1. The van der Waals surface area contributed by atoms with Gasteiger partial charge >= 0.3 is 0 Å². The van der Waals surface area contributed by atoms with Crippen LogP contribution in [0, 0.1) is 11.6 Å². The van der Waals surface area contributed by atoms with Gasteiger partial charge in [0.25, 0.3) is 0 Å². The van der Waals surface area contributed by atoms with Crippen molar-refractivity contribution in [2.75, 3.05) is 38.2 Å². The summed E-state index contributed by atoms with van der Waals surface area (Å²) in [6, 6.07) is 15.9. The second-order valence-electron chi connectivity index (χ2n) is 8.33. The largest absolute Gasteiger partial charge is 0.494 e. The molecule has 1 aliphatic rings. The van der Waals surface area contributed by atoms with Crippen LogP contribution in [0.15, 0.2) is 66.9 Å². The minimum Gasteiger partial charge on any atom is -0.494 e. The zero-order chi connectivity index (χ0) is 25.1. The molecular weight excluding hydrogens is 466 g/mol. The SMILES string of the molecule is COc1cc(-c2nc(-c3ccc(F)cc3)nn2CC(=O)N2CCN(c3ccccn3)CC2)ccc1F. The molecule has 0 N–H and O–H groups in total. The minimum absolute atomic E-state index is 0.0488. The smallest absolute Gasteiger partial charge is 0.244 e. The van der Waals surface area contributed by atoms with Gasteiger partial charge in [-0.2, -0.15) is 0 Å². The lowest BCUT2D eigenvalue weighted by atomic mass is 10.2. The van der Waals surface area contributed by atoms with Crippen molar-refractivity contribution < 1.29 is 18.3 Å². The summed E-state index contributed by atoms with van der Waals surface area (Å²) in [7, 11) is 1.38. The monoisotopic (exact) mass is 490 g/mol. The highest BCUT2D eigenvalue weighted by molar-refractivity contribution is 5.77. The van der Waals surface area contributed by atoms with Crippen LogP contribution in [0.4, 0.5) is 14.6 Å². The van der Waals surface area contributed by atoms with Crippen molar-refractivity contribution in [3.05, 3.63) is 78.5 Å². The van der Waals surface area contributed by atoms with Crippen LogP contribution >= 0.6 is 0 Å². The topological polar surface area (TPSA) is 76.4 Å². The number of aromatic nitrogens is 4. The molecule has 10 heteroatoms. The maximum Gasteiger partial charge on any atom is 0.244 e. The Balaban J connectivity index is 1.39. The van der Waals surface area contributed by atoms with Gasteiger partial charge in [-0.05, 0) is 54.6 Å². The number of nitrogens with zero attached hydrogens (tertiary/aromatic N) is 6. The van der Waals surface area contributed by atoms with Gasteiger partial charge < -0.3 is 14.5 Å². The molecule has 184 valence electrons. The summed E-state index contributed by atoms with van der Waals surface area (Å²) in [5.74, 6) is 0.671. The maximum absolute atomic E-state index is 14.0. The Bertz CT molecular complexity index is 1350. The lowest BCUT2D eigenvalue weighted by Gasteiger charge is -2.35. The third-order valence-corrected chi connectivity index (χ3v) is 6.07. The number of amides is 1. The lowest BCUT2D eigenvalue weighted by molar-refractivity contribution is -0.132. The zero-order valence-corrected chi connectivity index (χ0v) is 19.6. The summed E-state index contributed by atoms with van der Waals surface area (Å²) in [5.41, 5.74) is 1.14. The first-order valence-electron chi connectivity index (χ1n) is 11.5. The standard InChI is InChI=1S/C26H24F2N6O2/c1-36-22-16-19(7-10-21(22)28)26-30-25(18-5-8-20(27)9-6-18)31-34(26)17-24(35)33-14-12-32(13-15-33)23-4-2-3-11-29-23/h2-11,16H,12-15,17H2,1H3. The van der Waals surface area contributed by atoms with Crippen molar-refractivity contribution in [1.82, 2.24) is 24.6 Å². The van der Waals surface area contributed by atoms with Gasteiger partial charge in [-0.15, -0.1) is 5.10 Å². The molecule has 4 aromatic rings. The van der Waals surface area contributed by atoms with E-state index < -0.39 is 5.82 Å². The predicted molar refractivity (Wildman–Crippen MR) is 130 cm³/mol. The zero-order valence-electron chi connectivity index (χ0n) is 19.6. The average Bonchev–Trinajstić information content (AvgIpc) is 3.33. The Kier molecular flexibility index (Phi) is 6.57. The molecule has 1 saturated heterocycles. The number of pyridine rings is 1. The first-order valence-corrected chi connectivity index (χ1v) is 11.5. The molecule has 0 atom stereocenters. The van der Waals surface area contributed by atoms with Gasteiger partial charge in [0.15, 0.2) is 23.2 Å². The molecule has 0 saturated carbocycles. The highest BCUT2D eigenvalue weighted by atomic mass is 19.1. The van der Waals surface area contributed by atoms with E-state index in [0.717, 1.165) is 5.82 Å². The van der Waals surface area contributed by atoms with Gasteiger partial charge in [0, 0.05) is 43.5 Å². The van der Waals surface area contributed by atoms with Gasteiger partial charge in [-0.1, -0.05) is 6.07 Å². The number of methoxy groups -OCH3 is 1. The fraction of sp³-hybridized carbons (Fsp3) is 0.231. The molecule has 2 aromatic carbocycles. The summed E-state index contributed by atoms with van der Waals surface area (Å²) in [6.07, 6.45) is 1.75. The normalized spacial score (nSPS) is 13.6. The molecule has 1 fully saturated rings. The number of hydrogen-bond acceptors (Lipinski definition) is 6. The molecule has 0 unspecified atom stereocenters. The quantitative estimate of drug-likeness (QED) is 0.411. The van der Waals surface area contributed by atoms with Crippen LogP contribution in [0.2, 0.25) is 0 Å². The van der Waals surface area contributed by atoms with Crippen LogP contribution in [-0.2, 0) is 11.3 Å². The molecule has 5 rings (SSSR count). The maximum atomic E-state index is 14.0. The Morgan fingerprint density at radius 2 is 1.72 bits per heavy atom. The number of carbonyl (C=O) groups excluding carboxylic acids is 1. The first kappa shape index (κ1) is 23.4. The van der Waals surface area contributed by atoms with Crippen LogP contribution in [0.3, 0.4) is 0 Å². The van der Waals surface area contributed by atoms with E-state index >= 15 is 0 Å². The Hall–Kier alpha value is -4.34. The second kappa shape index (κ2) is 10.1. The van der Waals surface area contributed by atoms with Gasteiger partial charge in [0.1, 0.15) is 18.2 Å². The molecule has 8 nitrogen and oxygen atoms in total. The summed E-state index contributed by atoms with van der Waals surface area (Å²) >= 11 is 0. The molecule has 0 spiro atoms. The predicted octanol–water partition coefficient (Wildman–Crippen LogP) is 3.64. The van der Waals surface area contributed by atoms with Gasteiger partial charge in [0.2, 0.25) is 5.91 Å². The molecule has 0 aliphatic carbocycles. The van der Waals surface area contributed by atoms with Gasteiger partial charge in [-0.25, -0.2) is 23.4 Å². The van der Waals surface area contributed by atoms with Crippen molar-refractivity contribution >= 4 is 11.7 Å². The summed E-state index contributed by atoms with van der Waals surface area (Å²) < 4.78 is 34.1. The summed E-state index contributed by atoms with van der Waals surface area (Å²) in [5, 5.41) is 4.54. The minimum atomic E-state index is -0.507. The van der Waals surface area contributed by atoms with Crippen molar-refractivity contribution in [3.63, 3.8) is 0 Å². The van der Waals surface area contributed by atoms with Crippen LogP contribution in [-0.4, -0.2) is 63.8 Å². The van der Waals surface area contributed by atoms with E-state index in [1.807, 2.05) is 18.2 Å². The lowest BCUT2D eigenvalue weighted by Crippen LogP contribution is -2.49. The molecule has 0 bridgehead atoms. The van der Waals surface area contributed by atoms with E-state index in [-0.39, 0.29) is 24.0 Å². The molecular formula is C26H24F2N6O2. The Labute approximate surface area is 206 Å². The van der Waals surface area contributed by atoms with E-state index in [2.05, 4.69) is 20.0 Å². The van der Waals surface area contributed by atoms with Gasteiger partial charge in [0.05, 0.1) is 7.11 Å². The molecule has 36 heavy (non-hydrogen) atoms. The summed E-state index contributed by atoms with van der Waals surface area (Å²) in [6.45, 7) is 2.39. The Morgan fingerprint density at radius 3 is 2.42 bits per heavy atom. The van der Waals surface area contributed by atoms with Crippen LogP contribution < -0.4 is 9.64 Å². The second-order valence-corrected chi connectivity index (χ2v) is 8.33. The molecule has 1 amide bonds. The number of hydrogen-bond donors (Lipinski definition) is 0. The van der Waals surface area contributed by atoms with E-state index in [9.17, 15) is 13.6 Å². The third kappa shape index (κ3) is 4.88. The molecule has 0 radical (unpaired) electrons. The first-order chi connectivity index (χ1) is 17.5. The van der Waals surface area contributed by atoms with E-state index in [0.29, 0.717) is 49.0 Å².